The van der Waals surface area contributed by atoms with Gasteiger partial charge in [0.15, 0.2) is 0 Å². The maximum absolute atomic E-state index is 10.5. The van der Waals surface area contributed by atoms with Gasteiger partial charge in [0.2, 0.25) is 0 Å². The minimum absolute atomic E-state index is 0.697. The first-order valence-corrected chi connectivity index (χ1v) is 4.23. The number of benzene rings is 1. The molecule has 0 aliphatic carbocycles. The van der Waals surface area contributed by atoms with E-state index in [1.165, 1.54) is 0 Å². The first kappa shape index (κ1) is 8.10. The van der Waals surface area contributed by atoms with Crippen LogP contribution in [0.4, 0.5) is 5.69 Å². The van der Waals surface area contributed by atoms with Gasteiger partial charge in [-0.2, -0.15) is 0 Å². The quantitative estimate of drug-likeness (QED) is 0.515. The van der Waals surface area contributed by atoms with Gasteiger partial charge in [-0.25, -0.2) is 0 Å². The topological polar surface area (TPSA) is 29.3 Å². The third kappa shape index (κ3) is 1.49. The van der Waals surface area contributed by atoms with Crippen molar-refractivity contribution in [3.8, 4) is 5.75 Å². The van der Waals surface area contributed by atoms with Gasteiger partial charge in [-0.15, -0.1) is 0 Å². The smallest absolute Gasteiger partial charge is 0.150 e. The summed E-state index contributed by atoms with van der Waals surface area (Å²) in [6, 6.07) is 5.45. The lowest BCUT2D eigenvalue weighted by Gasteiger charge is -2.09. The second kappa shape index (κ2) is 3.09. The van der Waals surface area contributed by atoms with Gasteiger partial charge in [0.05, 0.1) is 12.8 Å². The molecule has 0 amide bonds. The van der Waals surface area contributed by atoms with Crippen molar-refractivity contribution in [2.45, 2.75) is 0 Å². The van der Waals surface area contributed by atoms with Gasteiger partial charge in [0.1, 0.15) is 12.0 Å². The Hall–Kier alpha value is -1.51. The maximum atomic E-state index is 10.5. The van der Waals surface area contributed by atoms with Gasteiger partial charge in [0, 0.05) is 18.7 Å². The molecule has 3 heteroatoms. The molecule has 68 valence electrons. The van der Waals surface area contributed by atoms with E-state index in [4.69, 9.17) is 4.74 Å². The Morgan fingerprint density at radius 3 is 2.77 bits per heavy atom. The van der Waals surface area contributed by atoms with Crippen molar-refractivity contribution in [3.05, 3.63) is 23.8 Å². The summed E-state index contributed by atoms with van der Waals surface area (Å²) in [5, 5.41) is 0. The predicted octanol–water partition coefficient (Wildman–Crippen LogP) is 1.33. The zero-order chi connectivity index (χ0) is 9.26. The van der Waals surface area contributed by atoms with Crippen LogP contribution in [0.25, 0.3) is 0 Å². The lowest BCUT2D eigenvalue weighted by atomic mass is 10.2. The molecule has 0 unspecified atom stereocenters. The van der Waals surface area contributed by atoms with Crippen molar-refractivity contribution in [1.82, 2.24) is 0 Å². The van der Waals surface area contributed by atoms with Crippen LogP contribution >= 0.6 is 0 Å². The summed E-state index contributed by atoms with van der Waals surface area (Å²) < 4.78 is 5.19. The molecule has 2 rings (SSSR count). The minimum atomic E-state index is 0.697. The van der Waals surface area contributed by atoms with Crippen molar-refractivity contribution < 1.29 is 9.53 Å². The maximum Gasteiger partial charge on any atom is 0.150 e. The van der Waals surface area contributed by atoms with Crippen LogP contribution < -0.4 is 9.64 Å². The van der Waals surface area contributed by atoms with Crippen LogP contribution in [0, 0.1) is 0 Å². The monoisotopic (exact) mass is 177 g/mol. The first-order valence-electron chi connectivity index (χ1n) is 4.23. The Kier molecular flexibility index (Phi) is 1.93. The molecule has 1 aliphatic rings. The number of ether oxygens (including phenoxy) is 1. The number of carbonyl (C=O) groups is 1. The fourth-order valence-electron chi connectivity index (χ4n) is 1.32. The van der Waals surface area contributed by atoms with Crippen LogP contribution in [0.1, 0.15) is 10.4 Å². The molecule has 0 N–H and O–H groups in total. The highest BCUT2D eigenvalue weighted by Gasteiger charge is 2.21. The molecule has 0 atom stereocenters. The summed E-state index contributed by atoms with van der Waals surface area (Å²) in [4.78, 5) is 12.7. The van der Waals surface area contributed by atoms with Gasteiger partial charge < -0.3 is 9.64 Å². The molecule has 0 spiro atoms. The molecule has 0 radical (unpaired) electrons. The van der Waals surface area contributed by atoms with Crippen molar-refractivity contribution >= 4 is 12.0 Å². The molecule has 1 heterocycles. The molecule has 3 nitrogen and oxygen atoms in total. The number of hydrogen-bond acceptors (Lipinski definition) is 3. The van der Waals surface area contributed by atoms with Gasteiger partial charge in [0.25, 0.3) is 0 Å². The molecule has 1 saturated heterocycles. The highest BCUT2D eigenvalue weighted by molar-refractivity contribution is 5.79. The zero-order valence-electron chi connectivity index (χ0n) is 7.49. The molecule has 1 fully saturated rings. The summed E-state index contributed by atoms with van der Waals surface area (Å²) in [5.41, 5.74) is 1.72. The number of hydrogen-bond donors (Lipinski definition) is 0. The minimum Gasteiger partial charge on any atom is -0.495 e. The first-order chi connectivity index (χ1) is 6.35. The summed E-state index contributed by atoms with van der Waals surface area (Å²) in [7, 11) is 1.64. The van der Waals surface area contributed by atoms with Crippen LogP contribution in [0.3, 0.4) is 0 Å². The molecule has 1 aromatic carbocycles. The van der Waals surface area contributed by atoms with Crippen LogP contribution in [-0.2, 0) is 0 Å². The van der Waals surface area contributed by atoms with E-state index in [1.807, 2.05) is 12.1 Å². The van der Waals surface area contributed by atoms with E-state index in [1.54, 1.807) is 13.2 Å². The van der Waals surface area contributed by atoms with E-state index < -0.39 is 0 Å². The Morgan fingerprint density at radius 1 is 1.46 bits per heavy atom. The third-order valence-corrected chi connectivity index (χ3v) is 2.13. The molecule has 1 aromatic rings. The molecular formula is C10H11NO2. The van der Waals surface area contributed by atoms with Crippen molar-refractivity contribution in [2.24, 2.45) is 0 Å². The number of nitrogens with zero attached hydrogens (tertiary/aromatic N) is 1. The Bertz CT molecular complexity index is 332. The predicted molar refractivity (Wildman–Crippen MR) is 50.6 cm³/mol. The zero-order valence-corrected chi connectivity index (χ0v) is 7.49. The van der Waals surface area contributed by atoms with E-state index >= 15 is 0 Å². The molecule has 0 aromatic heterocycles. The standard InChI is InChI=1S/C10H11NO2/c1-13-10-3-2-8(7-12)6-9(10)11-4-5-11/h2-3,6-7H,4-5H2,1H3. The van der Waals surface area contributed by atoms with Crippen LogP contribution in [0.15, 0.2) is 18.2 Å². The van der Waals surface area contributed by atoms with Gasteiger partial charge in [-0.1, -0.05) is 0 Å². The molecular weight excluding hydrogens is 166 g/mol. The van der Waals surface area contributed by atoms with Gasteiger partial charge in [-0.3, -0.25) is 4.79 Å². The number of rotatable bonds is 3. The Balaban J connectivity index is 2.40. The van der Waals surface area contributed by atoms with E-state index in [2.05, 4.69) is 4.90 Å². The molecule has 0 saturated carbocycles. The second-order valence-electron chi connectivity index (χ2n) is 3.04. The second-order valence-corrected chi connectivity index (χ2v) is 3.04. The number of aldehydes is 1. The van der Waals surface area contributed by atoms with Gasteiger partial charge >= 0.3 is 0 Å². The Morgan fingerprint density at radius 2 is 2.23 bits per heavy atom. The fraction of sp³-hybridized carbons (Fsp3) is 0.300. The molecule has 13 heavy (non-hydrogen) atoms. The third-order valence-electron chi connectivity index (χ3n) is 2.13. The lowest BCUT2D eigenvalue weighted by Crippen LogP contribution is -1.96. The lowest BCUT2D eigenvalue weighted by molar-refractivity contribution is 0.112. The molecule has 1 aliphatic heterocycles. The van der Waals surface area contributed by atoms with Crippen molar-refractivity contribution in [1.29, 1.82) is 0 Å². The average molecular weight is 177 g/mol. The highest BCUT2D eigenvalue weighted by Crippen LogP contribution is 2.32. The fourth-order valence-corrected chi connectivity index (χ4v) is 1.32. The van der Waals surface area contributed by atoms with E-state index in [0.29, 0.717) is 5.56 Å². The SMILES string of the molecule is COc1ccc(C=O)cc1N1CC1. The average Bonchev–Trinajstić information content (AvgIpc) is 3.00. The van der Waals surface area contributed by atoms with Crippen LogP contribution in [0.2, 0.25) is 0 Å². The van der Waals surface area contributed by atoms with E-state index in [-0.39, 0.29) is 0 Å². The number of methoxy groups -OCH3 is 1. The number of carbonyl (C=O) groups excluding carboxylic acids is 1. The Labute approximate surface area is 76.9 Å². The van der Waals surface area contributed by atoms with Crippen molar-refractivity contribution in [2.75, 3.05) is 25.1 Å². The van der Waals surface area contributed by atoms with E-state index in [0.717, 1.165) is 30.8 Å². The van der Waals surface area contributed by atoms with Crippen molar-refractivity contribution in [3.63, 3.8) is 0 Å². The largest absolute Gasteiger partial charge is 0.495 e. The van der Waals surface area contributed by atoms with Gasteiger partial charge in [-0.05, 0) is 18.2 Å². The van der Waals surface area contributed by atoms with Crippen LogP contribution in [0.5, 0.6) is 5.75 Å². The van der Waals surface area contributed by atoms with E-state index in [9.17, 15) is 4.79 Å². The number of anilines is 1. The molecule has 0 bridgehead atoms. The normalized spacial score (nSPS) is 14.1. The van der Waals surface area contributed by atoms with Crippen LogP contribution in [-0.4, -0.2) is 26.5 Å². The summed E-state index contributed by atoms with van der Waals surface area (Å²) in [5.74, 6) is 0.836. The summed E-state index contributed by atoms with van der Waals surface area (Å²) in [6.45, 7) is 2.11. The summed E-state index contributed by atoms with van der Waals surface area (Å²) in [6.07, 6.45) is 0.854. The summed E-state index contributed by atoms with van der Waals surface area (Å²) >= 11 is 0. The highest BCUT2D eigenvalue weighted by atomic mass is 16.5.